The Labute approximate surface area is 193 Å². The van der Waals surface area contributed by atoms with Gasteiger partial charge in [-0.3, -0.25) is 19.2 Å². The molecule has 184 valence electrons. The number of hydrogen-bond donors (Lipinski definition) is 6. The van der Waals surface area contributed by atoms with Crippen LogP contribution in [0, 0.1) is 11.8 Å². The summed E-state index contributed by atoms with van der Waals surface area (Å²) < 4.78 is 0. The van der Waals surface area contributed by atoms with Crippen LogP contribution in [0.3, 0.4) is 0 Å². The van der Waals surface area contributed by atoms with Crippen molar-refractivity contribution in [1.82, 2.24) is 16.0 Å². The van der Waals surface area contributed by atoms with Gasteiger partial charge in [0.05, 0.1) is 12.5 Å². The molecule has 0 rings (SSSR count). The second-order valence-corrected chi connectivity index (χ2v) is 9.36. The third kappa shape index (κ3) is 11.3. The first-order valence-electron chi connectivity index (χ1n) is 10.5. The molecule has 0 aliphatic rings. The first kappa shape index (κ1) is 29.7. The fourth-order valence-electron chi connectivity index (χ4n) is 2.81. The van der Waals surface area contributed by atoms with Crippen molar-refractivity contribution < 1.29 is 29.1 Å². The standard InChI is InChI=1S/C20H37N5O6S/c1-10(2)8-14(20(30)31)24-19(29)16(11(3)4)25-18(28)13(9-15(22)26)23-17(27)12(21)6-7-32-5/h10-14,16H,6-9,21H2,1-5H3,(H2,22,26)(H,23,27)(H,24,29)(H,25,28)(H,30,31). The van der Waals surface area contributed by atoms with Gasteiger partial charge in [0.25, 0.3) is 0 Å². The summed E-state index contributed by atoms with van der Waals surface area (Å²) in [6.07, 6.45) is 1.97. The topological polar surface area (TPSA) is 194 Å². The van der Waals surface area contributed by atoms with Gasteiger partial charge in [0.15, 0.2) is 0 Å². The van der Waals surface area contributed by atoms with E-state index >= 15 is 0 Å². The van der Waals surface area contributed by atoms with Crippen LogP contribution in [0.4, 0.5) is 0 Å². The number of carboxylic acid groups (broad SMARTS) is 1. The van der Waals surface area contributed by atoms with Crippen molar-refractivity contribution in [2.45, 2.75) is 71.1 Å². The molecule has 0 aromatic rings. The van der Waals surface area contributed by atoms with Gasteiger partial charge >= 0.3 is 5.97 Å². The molecular formula is C20H37N5O6S. The SMILES string of the molecule is CSCCC(N)C(=O)NC(CC(N)=O)C(=O)NC(C(=O)NC(CC(C)C)C(=O)O)C(C)C. The molecule has 0 saturated carbocycles. The Hall–Kier alpha value is -2.34. The molecule has 0 spiro atoms. The minimum Gasteiger partial charge on any atom is -0.480 e. The van der Waals surface area contributed by atoms with Crippen LogP contribution >= 0.6 is 11.8 Å². The fraction of sp³-hybridized carbons (Fsp3) is 0.750. The summed E-state index contributed by atoms with van der Waals surface area (Å²) in [6, 6.07) is -4.40. The predicted octanol–water partition coefficient (Wildman–Crippen LogP) is -0.817. The lowest BCUT2D eigenvalue weighted by molar-refractivity contribution is -0.143. The van der Waals surface area contributed by atoms with Crippen molar-refractivity contribution in [3.05, 3.63) is 0 Å². The van der Waals surface area contributed by atoms with E-state index in [4.69, 9.17) is 11.5 Å². The normalized spacial score (nSPS) is 14.9. The average molecular weight is 476 g/mol. The molecule has 4 amide bonds. The second-order valence-electron chi connectivity index (χ2n) is 8.38. The molecule has 12 heteroatoms. The summed E-state index contributed by atoms with van der Waals surface area (Å²) in [5.41, 5.74) is 11.0. The Balaban J connectivity index is 5.39. The molecule has 0 aromatic carbocycles. The minimum atomic E-state index is -1.32. The van der Waals surface area contributed by atoms with Crippen molar-refractivity contribution in [3.8, 4) is 0 Å². The summed E-state index contributed by atoms with van der Waals surface area (Å²) in [7, 11) is 0. The van der Waals surface area contributed by atoms with E-state index < -0.39 is 66.1 Å². The Morgan fingerprint density at radius 2 is 1.47 bits per heavy atom. The van der Waals surface area contributed by atoms with Gasteiger partial charge in [-0.15, -0.1) is 0 Å². The molecule has 0 aliphatic carbocycles. The summed E-state index contributed by atoms with van der Waals surface area (Å²) in [6.45, 7) is 6.99. The molecule has 0 bridgehead atoms. The van der Waals surface area contributed by atoms with Crippen molar-refractivity contribution in [2.24, 2.45) is 23.3 Å². The average Bonchev–Trinajstić information content (AvgIpc) is 2.67. The fourth-order valence-corrected chi connectivity index (χ4v) is 3.30. The van der Waals surface area contributed by atoms with E-state index in [2.05, 4.69) is 16.0 Å². The van der Waals surface area contributed by atoms with Gasteiger partial charge in [-0.25, -0.2) is 4.79 Å². The Kier molecular flexibility index (Phi) is 13.6. The highest BCUT2D eigenvalue weighted by atomic mass is 32.2. The van der Waals surface area contributed by atoms with E-state index in [-0.39, 0.29) is 12.3 Å². The number of thioether (sulfide) groups is 1. The number of aliphatic carboxylic acids is 1. The molecule has 0 aliphatic heterocycles. The van der Waals surface area contributed by atoms with Crippen LogP contribution in [0.2, 0.25) is 0 Å². The summed E-state index contributed by atoms with van der Waals surface area (Å²) >= 11 is 1.51. The van der Waals surface area contributed by atoms with Gasteiger partial charge in [0.2, 0.25) is 23.6 Å². The third-order valence-corrected chi connectivity index (χ3v) is 5.22. The van der Waals surface area contributed by atoms with Gasteiger partial charge in [-0.2, -0.15) is 11.8 Å². The molecule has 0 heterocycles. The molecule has 0 radical (unpaired) electrons. The summed E-state index contributed by atoms with van der Waals surface area (Å²) in [5.74, 6) is -3.83. The van der Waals surface area contributed by atoms with Crippen LogP contribution in [0.15, 0.2) is 0 Å². The van der Waals surface area contributed by atoms with Crippen molar-refractivity contribution in [3.63, 3.8) is 0 Å². The predicted molar refractivity (Wildman–Crippen MR) is 123 cm³/mol. The maximum Gasteiger partial charge on any atom is 0.326 e. The van der Waals surface area contributed by atoms with Gasteiger partial charge in [0.1, 0.15) is 18.1 Å². The smallest absolute Gasteiger partial charge is 0.326 e. The van der Waals surface area contributed by atoms with E-state index in [1.807, 2.05) is 20.1 Å². The number of primary amides is 1. The molecule has 4 unspecified atom stereocenters. The largest absolute Gasteiger partial charge is 0.480 e. The highest BCUT2D eigenvalue weighted by molar-refractivity contribution is 7.98. The van der Waals surface area contributed by atoms with Crippen LogP contribution in [0.1, 0.15) is 47.0 Å². The van der Waals surface area contributed by atoms with Crippen LogP contribution in [0.25, 0.3) is 0 Å². The Bertz CT molecular complexity index is 673. The maximum atomic E-state index is 12.8. The molecule has 8 N–H and O–H groups in total. The van der Waals surface area contributed by atoms with E-state index in [1.54, 1.807) is 13.8 Å². The lowest BCUT2D eigenvalue weighted by Gasteiger charge is -2.27. The van der Waals surface area contributed by atoms with Crippen molar-refractivity contribution in [2.75, 3.05) is 12.0 Å². The minimum absolute atomic E-state index is 0.0222. The number of nitrogens with one attached hydrogen (secondary N) is 3. The van der Waals surface area contributed by atoms with Gasteiger partial charge in [-0.05, 0) is 36.7 Å². The molecule has 0 fully saturated rings. The monoisotopic (exact) mass is 475 g/mol. The highest BCUT2D eigenvalue weighted by Gasteiger charge is 2.32. The number of amides is 4. The van der Waals surface area contributed by atoms with Crippen molar-refractivity contribution >= 4 is 41.4 Å². The lowest BCUT2D eigenvalue weighted by atomic mass is 10.00. The number of hydrogen-bond acceptors (Lipinski definition) is 7. The van der Waals surface area contributed by atoms with Crippen LogP contribution in [-0.4, -0.2) is 70.9 Å². The number of nitrogens with two attached hydrogens (primary N) is 2. The molecule has 32 heavy (non-hydrogen) atoms. The molecular weight excluding hydrogens is 438 g/mol. The number of carbonyl (C=O) groups excluding carboxylic acids is 4. The maximum absolute atomic E-state index is 12.8. The van der Waals surface area contributed by atoms with Gasteiger partial charge < -0.3 is 32.5 Å². The number of carbonyl (C=O) groups is 5. The first-order chi connectivity index (χ1) is 14.8. The second kappa shape index (κ2) is 14.7. The van der Waals surface area contributed by atoms with E-state index in [1.165, 1.54) is 11.8 Å². The zero-order valence-corrected chi connectivity index (χ0v) is 20.2. The summed E-state index contributed by atoms with van der Waals surface area (Å²) in [5, 5.41) is 16.7. The lowest BCUT2D eigenvalue weighted by Crippen LogP contribution is -2.59. The van der Waals surface area contributed by atoms with Gasteiger partial charge in [-0.1, -0.05) is 27.7 Å². The Morgan fingerprint density at radius 3 is 1.91 bits per heavy atom. The van der Waals surface area contributed by atoms with E-state index in [0.29, 0.717) is 12.2 Å². The number of rotatable bonds is 15. The molecule has 0 aromatic heterocycles. The zero-order chi connectivity index (χ0) is 25.0. The van der Waals surface area contributed by atoms with E-state index in [9.17, 15) is 29.1 Å². The van der Waals surface area contributed by atoms with Crippen LogP contribution in [-0.2, 0) is 24.0 Å². The Morgan fingerprint density at radius 1 is 0.906 bits per heavy atom. The highest BCUT2D eigenvalue weighted by Crippen LogP contribution is 2.09. The number of carboxylic acids is 1. The van der Waals surface area contributed by atoms with Gasteiger partial charge in [0, 0.05) is 0 Å². The first-order valence-corrected chi connectivity index (χ1v) is 11.9. The third-order valence-electron chi connectivity index (χ3n) is 4.58. The van der Waals surface area contributed by atoms with E-state index in [0.717, 1.165) is 0 Å². The molecule has 4 atom stereocenters. The quantitative estimate of drug-likeness (QED) is 0.177. The van der Waals surface area contributed by atoms with Crippen LogP contribution < -0.4 is 27.4 Å². The van der Waals surface area contributed by atoms with Crippen molar-refractivity contribution in [1.29, 1.82) is 0 Å². The molecule has 0 saturated heterocycles. The van der Waals surface area contributed by atoms with Crippen LogP contribution in [0.5, 0.6) is 0 Å². The summed E-state index contributed by atoms with van der Waals surface area (Å²) in [4.78, 5) is 60.7. The zero-order valence-electron chi connectivity index (χ0n) is 19.3. The molecule has 11 nitrogen and oxygen atoms in total.